The second kappa shape index (κ2) is 7.47. The van der Waals surface area contributed by atoms with Gasteiger partial charge in [-0.05, 0) is 48.4 Å². The summed E-state index contributed by atoms with van der Waals surface area (Å²) in [5, 5.41) is 2.11. The van der Waals surface area contributed by atoms with Crippen LogP contribution in [0.15, 0.2) is 65.0 Å². The number of nitrogens with two attached hydrogens (primary N) is 1. The molecule has 1 heterocycles. The Morgan fingerprint density at radius 3 is 2.46 bits per heavy atom. The zero-order chi connectivity index (χ0) is 16.9. The van der Waals surface area contributed by atoms with Gasteiger partial charge in [0.25, 0.3) is 0 Å². The number of hydrogen-bond donors (Lipinski definition) is 1. The Kier molecular flexibility index (Phi) is 5.13. The van der Waals surface area contributed by atoms with Gasteiger partial charge >= 0.3 is 0 Å². The fourth-order valence-corrected chi connectivity index (χ4v) is 3.46. The molecule has 3 rings (SSSR count). The van der Waals surface area contributed by atoms with Crippen molar-refractivity contribution in [2.24, 2.45) is 10.7 Å². The first-order chi connectivity index (χ1) is 11.7. The van der Waals surface area contributed by atoms with Crippen LogP contribution in [0.4, 0.5) is 5.69 Å². The molecule has 124 valence electrons. The Morgan fingerprint density at radius 2 is 1.83 bits per heavy atom. The van der Waals surface area contributed by atoms with Crippen LogP contribution in [0.1, 0.15) is 19.5 Å². The van der Waals surface area contributed by atoms with E-state index in [2.05, 4.69) is 16.9 Å². The lowest BCUT2D eigenvalue weighted by molar-refractivity contribution is 0.415. The van der Waals surface area contributed by atoms with Crippen molar-refractivity contribution in [3.8, 4) is 17.0 Å². The zero-order valence-corrected chi connectivity index (χ0v) is 14.7. The highest BCUT2D eigenvalue weighted by Gasteiger charge is 2.13. The van der Waals surface area contributed by atoms with Crippen LogP contribution in [0.25, 0.3) is 11.3 Å². The number of benzene rings is 2. The molecule has 0 spiro atoms. The number of hydrogen-bond acceptors (Lipinski definition) is 4. The molecule has 0 aliphatic heterocycles. The van der Waals surface area contributed by atoms with Gasteiger partial charge in [-0.1, -0.05) is 25.1 Å². The highest BCUT2D eigenvalue weighted by atomic mass is 32.1. The smallest absolute Gasteiger partial charge is 0.191 e. The summed E-state index contributed by atoms with van der Waals surface area (Å²) in [6, 6.07) is 18.0. The summed E-state index contributed by atoms with van der Waals surface area (Å²) >= 11 is 1.60. The van der Waals surface area contributed by atoms with E-state index in [9.17, 15) is 0 Å². The van der Waals surface area contributed by atoms with E-state index in [-0.39, 0.29) is 6.17 Å². The van der Waals surface area contributed by atoms with Gasteiger partial charge in [-0.25, -0.2) is 4.99 Å². The first kappa shape index (κ1) is 16.5. The fourth-order valence-electron chi connectivity index (χ4n) is 2.49. The van der Waals surface area contributed by atoms with Gasteiger partial charge in [0.1, 0.15) is 5.75 Å². The third-order valence-electron chi connectivity index (χ3n) is 3.86. The van der Waals surface area contributed by atoms with E-state index < -0.39 is 0 Å². The quantitative estimate of drug-likeness (QED) is 0.752. The van der Waals surface area contributed by atoms with E-state index >= 15 is 0 Å². The number of rotatable bonds is 5. The average Bonchev–Trinajstić information content (AvgIpc) is 3.05. The summed E-state index contributed by atoms with van der Waals surface area (Å²) < 4.78 is 7.35. The van der Waals surface area contributed by atoms with Crippen molar-refractivity contribution in [2.75, 3.05) is 7.11 Å². The molecular formula is C19H21N3OS. The molecule has 1 aromatic heterocycles. The number of para-hydroxylation sites is 1. The second-order valence-electron chi connectivity index (χ2n) is 5.42. The van der Waals surface area contributed by atoms with Gasteiger partial charge in [0, 0.05) is 5.38 Å². The third-order valence-corrected chi connectivity index (χ3v) is 4.70. The predicted octanol–water partition coefficient (Wildman–Crippen LogP) is 4.32. The molecule has 0 amide bonds. The van der Waals surface area contributed by atoms with Crippen molar-refractivity contribution in [3.63, 3.8) is 0 Å². The number of nitrogens with zero attached hydrogens (tertiary/aromatic N) is 2. The molecule has 3 aromatic rings. The first-order valence-electron chi connectivity index (χ1n) is 7.92. The normalized spacial score (nSPS) is 13.0. The Balaban J connectivity index is 2.12. The topological polar surface area (TPSA) is 52.5 Å². The van der Waals surface area contributed by atoms with Gasteiger partial charge in [0.15, 0.2) is 4.80 Å². The summed E-state index contributed by atoms with van der Waals surface area (Å²) in [4.78, 5) is 5.67. The van der Waals surface area contributed by atoms with Crippen molar-refractivity contribution < 1.29 is 4.74 Å². The van der Waals surface area contributed by atoms with Gasteiger partial charge in [-0.15, -0.1) is 11.3 Å². The maximum Gasteiger partial charge on any atom is 0.191 e. The largest absolute Gasteiger partial charge is 0.497 e. The van der Waals surface area contributed by atoms with Crippen molar-refractivity contribution in [1.29, 1.82) is 0 Å². The summed E-state index contributed by atoms with van der Waals surface area (Å²) in [6.45, 7) is 2.08. The first-order valence-corrected chi connectivity index (χ1v) is 8.80. The summed E-state index contributed by atoms with van der Waals surface area (Å²) in [7, 11) is 1.67. The minimum atomic E-state index is -0.115. The van der Waals surface area contributed by atoms with E-state index in [0.29, 0.717) is 0 Å². The lowest BCUT2D eigenvalue weighted by Gasteiger charge is -2.15. The van der Waals surface area contributed by atoms with E-state index in [1.54, 1.807) is 18.4 Å². The predicted molar refractivity (Wildman–Crippen MR) is 99.5 cm³/mol. The molecule has 5 heteroatoms. The second-order valence-corrected chi connectivity index (χ2v) is 6.26. The number of aromatic nitrogens is 1. The molecule has 2 N–H and O–H groups in total. The molecule has 24 heavy (non-hydrogen) atoms. The van der Waals surface area contributed by atoms with Gasteiger partial charge in [-0.3, -0.25) is 0 Å². The van der Waals surface area contributed by atoms with Gasteiger partial charge in [0.2, 0.25) is 0 Å². The Labute approximate surface area is 145 Å². The molecule has 1 unspecified atom stereocenters. The van der Waals surface area contributed by atoms with Gasteiger partial charge in [0.05, 0.1) is 24.7 Å². The van der Waals surface area contributed by atoms with Crippen LogP contribution >= 0.6 is 11.3 Å². The minimum Gasteiger partial charge on any atom is -0.497 e. The van der Waals surface area contributed by atoms with Crippen LogP contribution in [0.3, 0.4) is 0 Å². The lowest BCUT2D eigenvalue weighted by atomic mass is 10.1. The van der Waals surface area contributed by atoms with Crippen LogP contribution in [0.5, 0.6) is 5.75 Å². The monoisotopic (exact) mass is 339 g/mol. The molecule has 0 saturated heterocycles. The SMILES string of the molecule is CCC(N)n1c(-c2ccc(OC)cc2)cs/c1=N/c1ccccc1. The molecule has 0 bridgehead atoms. The molecule has 0 fully saturated rings. The van der Waals surface area contributed by atoms with E-state index in [1.165, 1.54) is 0 Å². The Hall–Kier alpha value is -2.37. The molecule has 0 saturated carbocycles. The van der Waals surface area contributed by atoms with Crippen molar-refractivity contribution in [2.45, 2.75) is 19.5 Å². The molecule has 4 nitrogen and oxygen atoms in total. The van der Waals surface area contributed by atoms with Crippen molar-refractivity contribution >= 4 is 17.0 Å². The van der Waals surface area contributed by atoms with Crippen LogP contribution in [-0.2, 0) is 0 Å². The third kappa shape index (κ3) is 3.42. The zero-order valence-electron chi connectivity index (χ0n) is 13.8. The molecule has 0 aliphatic rings. The van der Waals surface area contributed by atoms with Gasteiger partial charge < -0.3 is 15.0 Å². The minimum absolute atomic E-state index is 0.115. The van der Waals surface area contributed by atoms with E-state index in [4.69, 9.17) is 15.5 Å². The molecule has 0 radical (unpaired) electrons. The summed E-state index contributed by atoms with van der Waals surface area (Å²) in [5.74, 6) is 0.842. The van der Waals surface area contributed by atoms with E-state index in [1.807, 2.05) is 54.6 Å². The lowest BCUT2D eigenvalue weighted by Crippen LogP contribution is -2.27. The summed E-state index contributed by atoms with van der Waals surface area (Å²) in [6.07, 6.45) is 0.720. The number of ether oxygens (including phenoxy) is 1. The van der Waals surface area contributed by atoms with Gasteiger partial charge in [-0.2, -0.15) is 0 Å². The number of methoxy groups -OCH3 is 1. The Bertz CT molecular complexity index is 850. The van der Waals surface area contributed by atoms with Crippen LogP contribution in [-0.4, -0.2) is 11.7 Å². The standard InChI is InChI=1S/C19H21N3OS/c1-3-18(20)22-17(14-9-11-16(23-2)12-10-14)13-24-19(22)21-15-7-5-4-6-8-15/h4-13,18H,3,20H2,1-2H3/b21-19+. The Morgan fingerprint density at radius 1 is 1.12 bits per heavy atom. The maximum absolute atomic E-state index is 6.37. The van der Waals surface area contributed by atoms with Crippen molar-refractivity contribution in [1.82, 2.24) is 4.57 Å². The molecule has 2 aromatic carbocycles. The highest BCUT2D eigenvalue weighted by molar-refractivity contribution is 7.07. The maximum atomic E-state index is 6.37. The fraction of sp³-hybridized carbons (Fsp3) is 0.211. The molecule has 1 atom stereocenters. The van der Waals surface area contributed by atoms with Crippen LogP contribution in [0, 0.1) is 0 Å². The van der Waals surface area contributed by atoms with Crippen LogP contribution < -0.4 is 15.3 Å². The average molecular weight is 339 g/mol. The number of thiazole rings is 1. The van der Waals surface area contributed by atoms with Crippen LogP contribution in [0.2, 0.25) is 0 Å². The molecular weight excluding hydrogens is 318 g/mol. The van der Waals surface area contributed by atoms with E-state index in [0.717, 1.165) is 33.9 Å². The molecule has 0 aliphatic carbocycles. The van der Waals surface area contributed by atoms with Crippen molar-refractivity contribution in [3.05, 3.63) is 64.8 Å². The highest BCUT2D eigenvalue weighted by Crippen LogP contribution is 2.25. The summed E-state index contributed by atoms with van der Waals surface area (Å²) in [5.41, 5.74) is 9.48.